The van der Waals surface area contributed by atoms with Gasteiger partial charge in [-0.2, -0.15) is 0 Å². The number of aromatic nitrogens is 2. The van der Waals surface area contributed by atoms with Gasteiger partial charge in [0.05, 0.1) is 13.0 Å². The van der Waals surface area contributed by atoms with Crippen molar-refractivity contribution >= 4 is 34.7 Å². The number of methoxy groups -OCH3 is 1. The third-order valence-electron chi connectivity index (χ3n) is 5.54. The second kappa shape index (κ2) is 10.9. The van der Waals surface area contributed by atoms with Crippen LogP contribution in [0, 0.1) is 5.92 Å². The van der Waals surface area contributed by atoms with Crippen molar-refractivity contribution in [3.8, 4) is 5.75 Å². The van der Waals surface area contributed by atoms with Gasteiger partial charge in [-0.1, -0.05) is 41.7 Å². The van der Waals surface area contributed by atoms with Crippen LogP contribution in [0.4, 0.5) is 5.69 Å². The average molecular weight is 480 g/mol. The summed E-state index contributed by atoms with van der Waals surface area (Å²) in [5.74, 6) is -0.367. The van der Waals surface area contributed by atoms with Crippen molar-refractivity contribution in [3.05, 3.63) is 70.2 Å². The van der Waals surface area contributed by atoms with E-state index in [2.05, 4.69) is 20.8 Å². The van der Waals surface area contributed by atoms with Gasteiger partial charge in [0.25, 0.3) is 11.8 Å². The highest BCUT2D eigenvalue weighted by atomic mass is 32.1. The lowest BCUT2D eigenvalue weighted by Crippen LogP contribution is -2.45. The van der Waals surface area contributed by atoms with Gasteiger partial charge in [0.2, 0.25) is 15.9 Å². The molecule has 1 saturated heterocycles. The second-order valence-corrected chi connectivity index (χ2v) is 8.87. The quantitative estimate of drug-likeness (QED) is 0.539. The number of hydrogen-bond donors (Lipinski definition) is 2. The Kier molecular flexibility index (Phi) is 7.48. The van der Waals surface area contributed by atoms with Crippen LogP contribution in [0.1, 0.15) is 38.0 Å². The minimum atomic E-state index is -0.419. The number of rotatable bonds is 7. The first-order valence-electron chi connectivity index (χ1n) is 10.9. The highest BCUT2D eigenvalue weighted by molar-refractivity contribution is 7.15. The maximum atomic E-state index is 13.0. The first kappa shape index (κ1) is 23.4. The molecule has 0 spiro atoms. The number of hydrogen-bond acceptors (Lipinski definition) is 7. The Balaban J connectivity index is 1.32. The SMILES string of the molecule is COc1ccc(CNC(=O)C2CCCN(C(=O)c3nnc(C(=O)Nc4ccccc4)s3)C2)cc1. The molecule has 1 atom stereocenters. The topological polar surface area (TPSA) is 114 Å². The predicted molar refractivity (Wildman–Crippen MR) is 128 cm³/mol. The van der Waals surface area contributed by atoms with E-state index in [9.17, 15) is 14.4 Å². The fourth-order valence-electron chi connectivity index (χ4n) is 3.70. The molecule has 0 saturated carbocycles. The first-order valence-corrected chi connectivity index (χ1v) is 11.7. The standard InChI is InChI=1S/C24H25N5O4S/c1-33-19-11-9-16(10-12-19)14-25-20(30)17-6-5-13-29(15-17)24(32)23-28-27-22(34-23)21(31)26-18-7-3-2-4-8-18/h2-4,7-12,17H,5-6,13-15H2,1H3,(H,25,30)(H,26,31). The predicted octanol–water partition coefficient (Wildman–Crippen LogP) is 2.97. The number of nitrogens with one attached hydrogen (secondary N) is 2. The Labute approximate surface area is 201 Å². The number of para-hydroxylation sites is 1. The van der Waals surface area contributed by atoms with E-state index in [1.54, 1.807) is 24.1 Å². The van der Waals surface area contributed by atoms with Gasteiger partial charge in [-0.05, 0) is 42.7 Å². The van der Waals surface area contributed by atoms with Gasteiger partial charge >= 0.3 is 0 Å². The van der Waals surface area contributed by atoms with Crippen LogP contribution >= 0.6 is 11.3 Å². The van der Waals surface area contributed by atoms with Gasteiger partial charge in [-0.25, -0.2) is 0 Å². The molecular formula is C24H25N5O4S. The van der Waals surface area contributed by atoms with E-state index in [1.807, 2.05) is 42.5 Å². The summed E-state index contributed by atoms with van der Waals surface area (Å²) in [5.41, 5.74) is 1.60. The van der Waals surface area contributed by atoms with E-state index in [0.29, 0.717) is 38.2 Å². The van der Waals surface area contributed by atoms with Crippen LogP contribution in [0.3, 0.4) is 0 Å². The number of carbonyl (C=O) groups excluding carboxylic acids is 3. The molecule has 1 aliphatic rings. The smallest absolute Gasteiger partial charge is 0.286 e. The molecule has 2 heterocycles. The summed E-state index contributed by atoms with van der Waals surface area (Å²) in [6.07, 6.45) is 1.42. The summed E-state index contributed by atoms with van der Waals surface area (Å²) in [5, 5.41) is 13.7. The van der Waals surface area contributed by atoms with Crippen LogP contribution in [0.5, 0.6) is 5.75 Å². The molecule has 2 aromatic carbocycles. The van der Waals surface area contributed by atoms with E-state index in [1.165, 1.54) is 0 Å². The molecule has 1 aliphatic heterocycles. The van der Waals surface area contributed by atoms with E-state index in [-0.39, 0.29) is 27.7 Å². The molecule has 4 rings (SSSR count). The van der Waals surface area contributed by atoms with E-state index in [4.69, 9.17) is 4.74 Å². The molecule has 1 unspecified atom stereocenters. The molecule has 9 nitrogen and oxygen atoms in total. The molecule has 0 aliphatic carbocycles. The van der Waals surface area contributed by atoms with Gasteiger partial charge in [-0.15, -0.1) is 10.2 Å². The summed E-state index contributed by atoms with van der Waals surface area (Å²) >= 11 is 0.946. The van der Waals surface area contributed by atoms with Crippen molar-refractivity contribution < 1.29 is 19.1 Å². The molecule has 2 N–H and O–H groups in total. The molecule has 1 aromatic heterocycles. The molecule has 3 aromatic rings. The lowest BCUT2D eigenvalue weighted by molar-refractivity contribution is -0.126. The summed E-state index contributed by atoms with van der Waals surface area (Å²) in [4.78, 5) is 39.7. The minimum Gasteiger partial charge on any atom is -0.497 e. The van der Waals surface area contributed by atoms with Crippen molar-refractivity contribution in [2.24, 2.45) is 5.92 Å². The Bertz CT molecular complexity index is 1150. The van der Waals surface area contributed by atoms with E-state index in [0.717, 1.165) is 22.6 Å². The first-order chi connectivity index (χ1) is 16.5. The van der Waals surface area contributed by atoms with Crippen molar-refractivity contribution in [2.75, 3.05) is 25.5 Å². The molecule has 3 amide bonds. The molecule has 0 radical (unpaired) electrons. The molecule has 34 heavy (non-hydrogen) atoms. The Morgan fingerprint density at radius 3 is 2.53 bits per heavy atom. The summed E-state index contributed by atoms with van der Waals surface area (Å²) in [6, 6.07) is 16.5. The van der Waals surface area contributed by atoms with Gasteiger partial charge in [0.15, 0.2) is 0 Å². The number of piperidine rings is 1. The minimum absolute atomic E-state index is 0.0893. The highest BCUT2D eigenvalue weighted by Crippen LogP contribution is 2.21. The number of ether oxygens (including phenoxy) is 1. The number of anilines is 1. The average Bonchev–Trinajstić information content (AvgIpc) is 3.38. The second-order valence-electron chi connectivity index (χ2n) is 7.89. The number of likely N-dealkylation sites (tertiary alicyclic amines) is 1. The highest BCUT2D eigenvalue weighted by Gasteiger charge is 2.30. The lowest BCUT2D eigenvalue weighted by Gasteiger charge is -2.31. The largest absolute Gasteiger partial charge is 0.497 e. The fraction of sp³-hybridized carbons (Fsp3) is 0.292. The van der Waals surface area contributed by atoms with Crippen LogP contribution in [0.2, 0.25) is 0 Å². The third-order valence-corrected chi connectivity index (χ3v) is 6.45. The Hall–Kier alpha value is -3.79. The van der Waals surface area contributed by atoms with Crippen molar-refractivity contribution in [2.45, 2.75) is 19.4 Å². The number of nitrogens with zero attached hydrogens (tertiary/aromatic N) is 3. The van der Waals surface area contributed by atoms with Crippen molar-refractivity contribution in [1.82, 2.24) is 20.4 Å². The number of benzene rings is 2. The van der Waals surface area contributed by atoms with Gasteiger partial charge < -0.3 is 20.3 Å². The normalized spacial score (nSPS) is 15.4. The molecule has 10 heteroatoms. The molecule has 176 valence electrons. The number of amides is 3. The Morgan fingerprint density at radius 1 is 1.06 bits per heavy atom. The van der Waals surface area contributed by atoms with E-state index < -0.39 is 5.91 Å². The van der Waals surface area contributed by atoms with Crippen LogP contribution in [0.25, 0.3) is 0 Å². The van der Waals surface area contributed by atoms with Crippen LogP contribution in [-0.4, -0.2) is 53.0 Å². The van der Waals surface area contributed by atoms with Gasteiger partial charge in [-0.3, -0.25) is 14.4 Å². The van der Waals surface area contributed by atoms with Gasteiger partial charge in [0, 0.05) is 25.3 Å². The number of carbonyl (C=O) groups is 3. The molecule has 0 bridgehead atoms. The monoisotopic (exact) mass is 479 g/mol. The fourth-order valence-corrected chi connectivity index (χ4v) is 4.40. The lowest BCUT2D eigenvalue weighted by atomic mass is 9.97. The van der Waals surface area contributed by atoms with Crippen LogP contribution in [-0.2, 0) is 11.3 Å². The van der Waals surface area contributed by atoms with Gasteiger partial charge in [0.1, 0.15) is 5.75 Å². The summed E-state index contributed by atoms with van der Waals surface area (Å²) in [6.45, 7) is 1.24. The van der Waals surface area contributed by atoms with Crippen LogP contribution in [0.15, 0.2) is 54.6 Å². The third kappa shape index (κ3) is 5.76. The zero-order chi connectivity index (χ0) is 23.9. The van der Waals surface area contributed by atoms with E-state index >= 15 is 0 Å². The van der Waals surface area contributed by atoms with Crippen molar-refractivity contribution in [3.63, 3.8) is 0 Å². The maximum Gasteiger partial charge on any atom is 0.286 e. The molecular weight excluding hydrogens is 454 g/mol. The summed E-state index contributed by atoms with van der Waals surface area (Å²) < 4.78 is 5.15. The maximum absolute atomic E-state index is 13.0. The zero-order valence-electron chi connectivity index (χ0n) is 18.7. The van der Waals surface area contributed by atoms with Crippen LogP contribution < -0.4 is 15.4 Å². The van der Waals surface area contributed by atoms with Crippen molar-refractivity contribution in [1.29, 1.82) is 0 Å². The molecule has 1 fully saturated rings. The Morgan fingerprint density at radius 2 is 1.79 bits per heavy atom. The summed E-state index contributed by atoms with van der Waals surface area (Å²) in [7, 11) is 1.61. The zero-order valence-corrected chi connectivity index (χ0v) is 19.5.